The van der Waals surface area contributed by atoms with Crippen molar-refractivity contribution in [2.75, 3.05) is 6.16 Å². The summed E-state index contributed by atoms with van der Waals surface area (Å²) in [6.45, 7) is 10.9. The van der Waals surface area contributed by atoms with Crippen molar-refractivity contribution >= 4 is 40.9 Å². The number of hydrogen-bond acceptors (Lipinski definition) is 2. The zero-order valence-corrected chi connectivity index (χ0v) is 25.1. The largest absolute Gasteiger partial charge is 0.598 e. The SMILES string of the molecule is CC1=C(c2ccccc2)[P@]2C[C@@]1(C)C(c1ccccc1)=C2[C@H](N[S@@+]([O-])C(C)(C)C)c1ccc2ccccc2c1. The van der Waals surface area contributed by atoms with Crippen LogP contribution in [0.2, 0.25) is 0 Å². The zero-order chi connectivity index (χ0) is 27.4. The minimum Gasteiger partial charge on any atom is -0.598 e. The minimum atomic E-state index is -1.24. The molecule has 0 aliphatic carbocycles. The summed E-state index contributed by atoms with van der Waals surface area (Å²) in [6.07, 6.45) is 1.10. The molecule has 2 nitrogen and oxygen atoms in total. The van der Waals surface area contributed by atoms with E-state index < -0.39 is 19.3 Å². The highest BCUT2D eigenvalue weighted by Crippen LogP contribution is 2.79. The van der Waals surface area contributed by atoms with Crippen molar-refractivity contribution < 1.29 is 4.55 Å². The Morgan fingerprint density at radius 1 is 0.821 bits per heavy atom. The molecule has 2 bridgehead atoms. The average molecular weight is 550 g/mol. The van der Waals surface area contributed by atoms with E-state index in [0.29, 0.717) is 0 Å². The van der Waals surface area contributed by atoms with E-state index in [1.165, 1.54) is 49.2 Å². The van der Waals surface area contributed by atoms with E-state index in [-0.39, 0.29) is 16.2 Å². The second-order valence-electron chi connectivity index (χ2n) is 11.9. The van der Waals surface area contributed by atoms with Gasteiger partial charge in [0.25, 0.3) is 0 Å². The van der Waals surface area contributed by atoms with Crippen molar-refractivity contribution in [2.24, 2.45) is 5.41 Å². The van der Waals surface area contributed by atoms with Gasteiger partial charge in [0.2, 0.25) is 0 Å². The normalized spacial score (nSPS) is 22.6. The molecule has 2 aliphatic heterocycles. The standard InChI is InChI=1S/C35H36NOPS/c1-24-32(27-17-10-7-11-18-27)38-23-35(24,5)30(26-15-8-6-9-16-26)33(38)31(36-39(37)34(2,3)4)29-21-20-25-14-12-13-19-28(25)22-29/h6-22,31,36H,23H2,1-5H3/t31-,35-,38+,39+/m1/s1. The van der Waals surface area contributed by atoms with Crippen LogP contribution in [-0.2, 0) is 11.4 Å². The van der Waals surface area contributed by atoms with Gasteiger partial charge in [-0.3, -0.25) is 0 Å². The van der Waals surface area contributed by atoms with Gasteiger partial charge < -0.3 is 4.55 Å². The van der Waals surface area contributed by atoms with E-state index >= 15 is 0 Å². The highest BCUT2D eigenvalue weighted by Gasteiger charge is 2.54. The topological polar surface area (TPSA) is 35.1 Å². The fraction of sp³-hybridized carbons (Fsp3) is 0.257. The highest BCUT2D eigenvalue weighted by molar-refractivity contribution is 7.90. The molecule has 4 heteroatoms. The van der Waals surface area contributed by atoms with Crippen molar-refractivity contribution in [3.63, 3.8) is 0 Å². The monoisotopic (exact) mass is 549 g/mol. The van der Waals surface area contributed by atoms with Gasteiger partial charge in [-0.15, -0.1) is 4.72 Å². The summed E-state index contributed by atoms with van der Waals surface area (Å²) in [5, 5.41) is 5.36. The lowest BCUT2D eigenvalue weighted by Crippen LogP contribution is -2.41. The Kier molecular flexibility index (Phi) is 6.84. The van der Waals surface area contributed by atoms with Crippen molar-refractivity contribution in [3.05, 3.63) is 131 Å². The lowest BCUT2D eigenvalue weighted by Gasteiger charge is -2.36. The molecule has 198 valence electrons. The Bertz CT molecular complexity index is 1590. The number of allylic oxidation sites excluding steroid dienone is 2. The van der Waals surface area contributed by atoms with Gasteiger partial charge in [-0.05, 0) is 91.5 Å². The molecule has 0 radical (unpaired) electrons. The molecule has 0 spiro atoms. The molecule has 2 aliphatic rings. The van der Waals surface area contributed by atoms with Crippen LogP contribution in [0.5, 0.6) is 0 Å². The van der Waals surface area contributed by atoms with E-state index in [0.717, 1.165) is 6.16 Å². The van der Waals surface area contributed by atoms with Crippen LogP contribution in [0, 0.1) is 5.41 Å². The van der Waals surface area contributed by atoms with Crippen LogP contribution < -0.4 is 4.72 Å². The second-order valence-corrected chi connectivity index (χ2v) is 16.0. The lowest BCUT2D eigenvalue weighted by atomic mass is 9.73. The maximum absolute atomic E-state index is 13.8. The predicted molar refractivity (Wildman–Crippen MR) is 170 cm³/mol. The third-order valence-corrected chi connectivity index (χ3v) is 13.0. The van der Waals surface area contributed by atoms with Crippen LogP contribution in [-0.4, -0.2) is 15.5 Å². The van der Waals surface area contributed by atoms with E-state index in [1.54, 1.807) is 0 Å². The van der Waals surface area contributed by atoms with Crippen LogP contribution in [0.3, 0.4) is 0 Å². The molecule has 6 rings (SSSR count). The summed E-state index contributed by atoms with van der Waals surface area (Å²) in [6, 6.07) is 36.9. The first-order valence-corrected chi connectivity index (χ1v) is 16.4. The maximum Gasteiger partial charge on any atom is 0.136 e. The Morgan fingerprint density at radius 2 is 1.41 bits per heavy atom. The van der Waals surface area contributed by atoms with E-state index in [9.17, 15) is 4.55 Å². The van der Waals surface area contributed by atoms with Gasteiger partial charge >= 0.3 is 0 Å². The third-order valence-electron chi connectivity index (χ3n) is 8.30. The predicted octanol–water partition coefficient (Wildman–Crippen LogP) is 9.29. The number of hydrogen-bond donors (Lipinski definition) is 1. The van der Waals surface area contributed by atoms with Gasteiger partial charge in [0.15, 0.2) is 0 Å². The summed E-state index contributed by atoms with van der Waals surface area (Å²) in [4.78, 5) is 0. The highest BCUT2D eigenvalue weighted by atomic mass is 32.2. The quantitative estimate of drug-likeness (QED) is 0.192. The van der Waals surface area contributed by atoms with Crippen molar-refractivity contribution in [3.8, 4) is 0 Å². The second kappa shape index (κ2) is 10.1. The molecule has 0 saturated carbocycles. The smallest absolute Gasteiger partial charge is 0.136 e. The minimum absolute atomic E-state index is 0.0619. The Morgan fingerprint density at radius 3 is 2.05 bits per heavy atom. The van der Waals surface area contributed by atoms with Gasteiger partial charge in [-0.2, -0.15) is 0 Å². The van der Waals surface area contributed by atoms with E-state index in [4.69, 9.17) is 0 Å². The first kappa shape index (κ1) is 26.5. The molecule has 4 aromatic rings. The number of fused-ring (bicyclic) bond motifs is 3. The molecule has 4 aromatic carbocycles. The molecule has 0 fully saturated rings. The molecule has 0 aromatic heterocycles. The van der Waals surface area contributed by atoms with Gasteiger partial charge in [0.05, 0.1) is 0 Å². The van der Waals surface area contributed by atoms with Crippen molar-refractivity contribution in [2.45, 2.75) is 45.4 Å². The molecule has 0 saturated heterocycles. The maximum atomic E-state index is 13.8. The molecular formula is C35H36NOPS. The van der Waals surface area contributed by atoms with Crippen molar-refractivity contribution in [1.82, 2.24) is 4.72 Å². The first-order chi connectivity index (χ1) is 18.7. The number of benzene rings is 4. The summed E-state index contributed by atoms with van der Waals surface area (Å²) in [5.41, 5.74) is 6.62. The average Bonchev–Trinajstić information content (AvgIpc) is 3.39. The Balaban J connectivity index is 1.60. The summed E-state index contributed by atoms with van der Waals surface area (Å²) in [5.74, 6) is 0. The van der Waals surface area contributed by atoms with Gasteiger partial charge in [0.1, 0.15) is 10.8 Å². The Labute approximate surface area is 237 Å². The van der Waals surface area contributed by atoms with Crippen molar-refractivity contribution in [1.29, 1.82) is 0 Å². The van der Waals surface area contributed by atoms with Gasteiger partial charge in [-0.25, -0.2) is 0 Å². The van der Waals surface area contributed by atoms with Crippen LogP contribution in [0.15, 0.2) is 114 Å². The molecule has 2 heterocycles. The van der Waals surface area contributed by atoms with E-state index in [1.807, 2.05) is 20.8 Å². The molecule has 0 amide bonds. The van der Waals surface area contributed by atoms with Crippen LogP contribution >= 0.6 is 7.92 Å². The van der Waals surface area contributed by atoms with Crippen LogP contribution in [0.1, 0.15) is 57.4 Å². The molecular weight excluding hydrogens is 513 g/mol. The molecule has 39 heavy (non-hydrogen) atoms. The third kappa shape index (κ3) is 4.60. The molecule has 4 atom stereocenters. The van der Waals surface area contributed by atoms with Crippen LogP contribution in [0.4, 0.5) is 0 Å². The molecule has 1 N–H and O–H groups in total. The van der Waals surface area contributed by atoms with E-state index in [2.05, 4.69) is 122 Å². The summed E-state index contributed by atoms with van der Waals surface area (Å²) in [7, 11) is -0.633. The Hall–Kier alpha value is -2.68. The number of rotatable bonds is 6. The molecule has 0 unspecified atom stereocenters. The fourth-order valence-corrected chi connectivity index (χ4v) is 10.9. The zero-order valence-electron chi connectivity index (χ0n) is 23.4. The first-order valence-electron chi connectivity index (χ1n) is 13.7. The summed E-state index contributed by atoms with van der Waals surface area (Å²) < 4.78 is 17.1. The van der Waals surface area contributed by atoms with Gasteiger partial charge in [0, 0.05) is 16.8 Å². The summed E-state index contributed by atoms with van der Waals surface area (Å²) >= 11 is -1.24. The van der Waals surface area contributed by atoms with Crippen LogP contribution in [0.25, 0.3) is 21.7 Å². The van der Waals surface area contributed by atoms with Gasteiger partial charge in [-0.1, -0.05) is 110 Å². The lowest BCUT2D eigenvalue weighted by molar-refractivity contribution is 0.536. The fourth-order valence-electron chi connectivity index (χ4n) is 6.16. The number of nitrogens with one attached hydrogen (secondary N) is 1.